The molecule has 21 heavy (non-hydrogen) atoms. The van der Waals surface area contributed by atoms with Gasteiger partial charge >= 0.3 is 12.0 Å². The normalized spacial score (nSPS) is 24.2. The Hall–Kier alpha value is -1.34. The lowest BCUT2D eigenvalue weighted by atomic mass is 10.00. The highest BCUT2D eigenvalue weighted by Crippen LogP contribution is 2.20. The SMILES string of the molecule is COC(CNC(=O)N1CCN2CCCCC2C1)CC(=O)O. The van der Waals surface area contributed by atoms with Gasteiger partial charge in [-0.25, -0.2) is 4.79 Å². The summed E-state index contributed by atoms with van der Waals surface area (Å²) < 4.78 is 5.06. The summed E-state index contributed by atoms with van der Waals surface area (Å²) in [5.41, 5.74) is 0. The lowest BCUT2D eigenvalue weighted by Gasteiger charge is -2.43. The number of carboxylic acid groups (broad SMARTS) is 1. The van der Waals surface area contributed by atoms with Crippen LogP contribution in [0.5, 0.6) is 0 Å². The van der Waals surface area contributed by atoms with E-state index < -0.39 is 12.1 Å². The lowest BCUT2D eigenvalue weighted by molar-refractivity contribution is -0.139. The summed E-state index contributed by atoms with van der Waals surface area (Å²) >= 11 is 0. The molecular formula is C14H25N3O4. The van der Waals surface area contributed by atoms with Crippen molar-refractivity contribution in [1.29, 1.82) is 0 Å². The molecule has 0 spiro atoms. The van der Waals surface area contributed by atoms with Crippen molar-refractivity contribution >= 4 is 12.0 Å². The quantitative estimate of drug-likeness (QED) is 0.766. The maximum atomic E-state index is 12.2. The molecule has 2 aliphatic heterocycles. The molecule has 2 fully saturated rings. The van der Waals surface area contributed by atoms with Crippen molar-refractivity contribution in [3.8, 4) is 0 Å². The van der Waals surface area contributed by atoms with Crippen molar-refractivity contribution in [3.05, 3.63) is 0 Å². The molecule has 7 nitrogen and oxygen atoms in total. The van der Waals surface area contributed by atoms with Gasteiger partial charge < -0.3 is 20.1 Å². The van der Waals surface area contributed by atoms with Crippen LogP contribution in [0.1, 0.15) is 25.7 Å². The Morgan fingerprint density at radius 1 is 1.33 bits per heavy atom. The zero-order valence-electron chi connectivity index (χ0n) is 12.6. The molecule has 0 bridgehead atoms. The molecule has 0 aromatic carbocycles. The Labute approximate surface area is 125 Å². The molecule has 2 atom stereocenters. The summed E-state index contributed by atoms with van der Waals surface area (Å²) in [4.78, 5) is 27.1. The van der Waals surface area contributed by atoms with Crippen LogP contribution < -0.4 is 5.32 Å². The molecule has 120 valence electrons. The van der Waals surface area contributed by atoms with E-state index in [9.17, 15) is 9.59 Å². The Morgan fingerprint density at radius 2 is 2.14 bits per heavy atom. The molecule has 2 unspecified atom stereocenters. The number of urea groups is 1. The third kappa shape index (κ3) is 4.57. The van der Waals surface area contributed by atoms with Gasteiger partial charge in [0.1, 0.15) is 0 Å². The van der Waals surface area contributed by atoms with Crippen LogP contribution in [0, 0.1) is 0 Å². The maximum absolute atomic E-state index is 12.2. The highest BCUT2D eigenvalue weighted by Gasteiger charge is 2.31. The second-order valence-electron chi connectivity index (χ2n) is 5.77. The monoisotopic (exact) mass is 299 g/mol. The van der Waals surface area contributed by atoms with Crippen LogP contribution >= 0.6 is 0 Å². The van der Waals surface area contributed by atoms with E-state index in [1.54, 1.807) is 0 Å². The summed E-state index contributed by atoms with van der Waals surface area (Å²) in [5.74, 6) is -0.924. The van der Waals surface area contributed by atoms with Crippen LogP contribution in [-0.2, 0) is 9.53 Å². The van der Waals surface area contributed by atoms with Crippen molar-refractivity contribution in [1.82, 2.24) is 15.1 Å². The fourth-order valence-electron chi connectivity index (χ4n) is 3.09. The number of piperazine rings is 1. The average Bonchev–Trinajstić information content (AvgIpc) is 2.50. The summed E-state index contributed by atoms with van der Waals surface area (Å²) in [6.07, 6.45) is 3.06. The predicted molar refractivity (Wildman–Crippen MR) is 77.2 cm³/mol. The number of hydrogen-bond donors (Lipinski definition) is 2. The zero-order valence-corrected chi connectivity index (χ0v) is 12.6. The van der Waals surface area contributed by atoms with E-state index >= 15 is 0 Å². The van der Waals surface area contributed by atoms with Gasteiger partial charge in [-0.15, -0.1) is 0 Å². The number of ether oxygens (including phenoxy) is 1. The van der Waals surface area contributed by atoms with Gasteiger partial charge in [-0.05, 0) is 19.4 Å². The van der Waals surface area contributed by atoms with Gasteiger partial charge in [-0.2, -0.15) is 0 Å². The Balaban J connectivity index is 1.76. The Kier molecular flexibility index (Phi) is 5.81. The second kappa shape index (κ2) is 7.61. The topological polar surface area (TPSA) is 82.1 Å². The first-order valence-corrected chi connectivity index (χ1v) is 7.61. The number of carbonyl (C=O) groups excluding carboxylic acids is 1. The summed E-state index contributed by atoms with van der Waals surface area (Å²) in [5, 5.41) is 11.5. The van der Waals surface area contributed by atoms with Gasteiger partial charge in [0.05, 0.1) is 12.5 Å². The number of methoxy groups -OCH3 is 1. The van der Waals surface area contributed by atoms with E-state index in [0.717, 1.165) is 32.6 Å². The van der Waals surface area contributed by atoms with Gasteiger partial charge in [-0.1, -0.05) is 6.42 Å². The molecule has 0 radical (unpaired) electrons. The first-order valence-electron chi connectivity index (χ1n) is 7.61. The van der Waals surface area contributed by atoms with Crippen LogP contribution in [0.15, 0.2) is 0 Å². The van der Waals surface area contributed by atoms with Gasteiger partial charge in [-0.3, -0.25) is 9.69 Å². The molecule has 0 aromatic heterocycles. The van der Waals surface area contributed by atoms with Crippen LogP contribution in [-0.4, -0.2) is 78.9 Å². The zero-order chi connectivity index (χ0) is 15.2. The average molecular weight is 299 g/mol. The fourth-order valence-corrected chi connectivity index (χ4v) is 3.09. The number of rotatable bonds is 5. The van der Waals surface area contributed by atoms with Crippen LogP contribution in [0.4, 0.5) is 4.79 Å². The molecule has 2 rings (SSSR count). The number of amides is 2. The largest absolute Gasteiger partial charge is 0.481 e. The number of carbonyl (C=O) groups is 2. The first kappa shape index (κ1) is 16.0. The van der Waals surface area contributed by atoms with Crippen molar-refractivity contribution in [2.45, 2.75) is 37.8 Å². The van der Waals surface area contributed by atoms with E-state index in [4.69, 9.17) is 9.84 Å². The Morgan fingerprint density at radius 3 is 2.86 bits per heavy atom. The van der Waals surface area contributed by atoms with Crippen molar-refractivity contribution in [3.63, 3.8) is 0 Å². The van der Waals surface area contributed by atoms with Crippen LogP contribution in [0.2, 0.25) is 0 Å². The highest BCUT2D eigenvalue weighted by atomic mass is 16.5. The van der Waals surface area contributed by atoms with E-state index in [1.165, 1.54) is 20.0 Å². The molecule has 0 saturated carbocycles. The molecule has 2 heterocycles. The molecule has 2 saturated heterocycles. The fraction of sp³-hybridized carbons (Fsp3) is 0.857. The van der Waals surface area contributed by atoms with E-state index in [0.29, 0.717) is 6.04 Å². The second-order valence-corrected chi connectivity index (χ2v) is 5.77. The summed E-state index contributed by atoms with van der Waals surface area (Å²) in [6, 6.07) is 0.364. The molecule has 0 aromatic rings. The smallest absolute Gasteiger partial charge is 0.317 e. The van der Waals surface area contributed by atoms with E-state index in [2.05, 4.69) is 10.2 Å². The minimum Gasteiger partial charge on any atom is -0.481 e. The van der Waals surface area contributed by atoms with E-state index in [1.807, 2.05) is 4.90 Å². The number of piperidine rings is 1. The minimum absolute atomic E-state index is 0.104. The molecule has 2 N–H and O–H groups in total. The number of fused-ring (bicyclic) bond motifs is 1. The van der Waals surface area contributed by atoms with Crippen molar-refractivity contribution in [2.75, 3.05) is 39.8 Å². The number of carboxylic acids is 1. The van der Waals surface area contributed by atoms with Crippen LogP contribution in [0.3, 0.4) is 0 Å². The standard InChI is InChI=1S/C14H25N3O4/c1-21-12(8-13(18)19)9-15-14(20)17-7-6-16-5-3-2-4-11(16)10-17/h11-12H,2-10H2,1H3,(H,15,20)(H,18,19). The van der Waals surface area contributed by atoms with Crippen molar-refractivity contribution in [2.24, 2.45) is 0 Å². The predicted octanol–water partition coefficient (Wildman–Crippen LogP) is 0.356. The Bertz CT molecular complexity index is 377. The third-order valence-corrected chi connectivity index (χ3v) is 4.34. The molecule has 7 heteroatoms. The first-order chi connectivity index (χ1) is 10.1. The minimum atomic E-state index is -0.924. The van der Waals surface area contributed by atoms with Crippen LogP contribution in [0.25, 0.3) is 0 Å². The number of hydrogen-bond acceptors (Lipinski definition) is 4. The van der Waals surface area contributed by atoms with Gasteiger partial charge in [0.2, 0.25) is 0 Å². The van der Waals surface area contributed by atoms with Gasteiger partial charge in [0, 0.05) is 39.3 Å². The highest BCUT2D eigenvalue weighted by molar-refractivity contribution is 5.74. The number of aliphatic carboxylic acids is 1. The molecule has 0 aliphatic carbocycles. The van der Waals surface area contributed by atoms with E-state index in [-0.39, 0.29) is 19.0 Å². The maximum Gasteiger partial charge on any atom is 0.317 e. The number of nitrogens with one attached hydrogen (secondary N) is 1. The summed E-state index contributed by atoms with van der Waals surface area (Å²) in [7, 11) is 1.46. The van der Waals surface area contributed by atoms with Crippen molar-refractivity contribution < 1.29 is 19.4 Å². The third-order valence-electron chi connectivity index (χ3n) is 4.34. The molecule has 2 amide bonds. The molecular weight excluding hydrogens is 274 g/mol. The molecule has 2 aliphatic rings. The summed E-state index contributed by atoms with van der Waals surface area (Å²) in [6.45, 7) is 3.80. The van der Waals surface area contributed by atoms with Gasteiger partial charge in [0.25, 0.3) is 0 Å². The van der Waals surface area contributed by atoms with Gasteiger partial charge in [0.15, 0.2) is 0 Å². The lowest BCUT2D eigenvalue weighted by Crippen LogP contribution is -2.58. The number of nitrogens with zero attached hydrogens (tertiary/aromatic N) is 2.